The zero-order chi connectivity index (χ0) is 53.5. The molecule has 410 valence electrons. The minimum absolute atomic E-state index is 0.0248. The number of nitrogens with zero attached hydrogens (tertiary/aromatic N) is 1. The lowest BCUT2D eigenvalue weighted by atomic mass is 10.1. The van der Waals surface area contributed by atoms with Crippen LogP contribution in [0.5, 0.6) is 0 Å². The van der Waals surface area contributed by atoms with Gasteiger partial charge in [0.25, 0.3) is 7.82 Å². The van der Waals surface area contributed by atoms with Gasteiger partial charge in [-0.25, -0.2) is 0 Å². The van der Waals surface area contributed by atoms with Gasteiger partial charge in [0.05, 0.1) is 39.9 Å². The van der Waals surface area contributed by atoms with Gasteiger partial charge < -0.3 is 28.8 Å². The summed E-state index contributed by atoms with van der Waals surface area (Å²) in [6.07, 6.45) is 84.4. The van der Waals surface area contributed by atoms with Gasteiger partial charge in [-0.2, -0.15) is 0 Å². The number of nitrogens with one attached hydrogen (secondary N) is 1. The van der Waals surface area contributed by atoms with Crippen molar-refractivity contribution < 1.29 is 32.9 Å². The van der Waals surface area contributed by atoms with Crippen LogP contribution in [0.2, 0.25) is 0 Å². The molecule has 9 heteroatoms. The minimum Gasteiger partial charge on any atom is -0.756 e. The van der Waals surface area contributed by atoms with E-state index in [0.717, 1.165) is 109 Å². The van der Waals surface area contributed by atoms with E-state index in [0.29, 0.717) is 17.4 Å². The lowest BCUT2D eigenvalue weighted by Crippen LogP contribution is -2.45. The summed E-state index contributed by atoms with van der Waals surface area (Å²) in [5.74, 6) is -0.259. The van der Waals surface area contributed by atoms with Gasteiger partial charge in [0, 0.05) is 6.42 Å². The smallest absolute Gasteiger partial charge is 0.268 e. The highest BCUT2D eigenvalue weighted by molar-refractivity contribution is 7.45. The number of rotatable bonds is 48. The van der Waals surface area contributed by atoms with E-state index >= 15 is 0 Å². The number of unbranched alkanes of at least 4 members (excludes halogenated alkanes) is 9. The molecule has 0 aromatic rings. The molecule has 1 amide bonds. The van der Waals surface area contributed by atoms with Crippen molar-refractivity contribution >= 4 is 13.7 Å². The highest BCUT2D eigenvalue weighted by Gasteiger charge is 2.23. The molecule has 0 bridgehead atoms. The van der Waals surface area contributed by atoms with Gasteiger partial charge in [0.1, 0.15) is 13.2 Å². The summed E-state index contributed by atoms with van der Waals surface area (Å²) >= 11 is 0. The monoisotopic (exact) mass is 1030 g/mol. The predicted molar refractivity (Wildman–Crippen MR) is 315 cm³/mol. The van der Waals surface area contributed by atoms with Crippen LogP contribution >= 0.6 is 7.82 Å². The van der Waals surface area contributed by atoms with E-state index in [9.17, 15) is 19.4 Å². The fourth-order valence-electron chi connectivity index (χ4n) is 6.79. The van der Waals surface area contributed by atoms with E-state index in [1.807, 2.05) is 27.2 Å². The van der Waals surface area contributed by atoms with Gasteiger partial charge >= 0.3 is 0 Å². The van der Waals surface area contributed by atoms with Crippen molar-refractivity contribution in [3.63, 3.8) is 0 Å². The van der Waals surface area contributed by atoms with Crippen LogP contribution in [0.3, 0.4) is 0 Å². The molecule has 3 atom stereocenters. The van der Waals surface area contributed by atoms with E-state index in [4.69, 9.17) is 9.05 Å². The minimum atomic E-state index is -4.62. The molecule has 0 aliphatic heterocycles. The van der Waals surface area contributed by atoms with E-state index in [1.165, 1.54) is 38.5 Å². The first-order valence-corrected chi connectivity index (χ1v) is 29.5. The average molecular weight is 1030 g/mol. The van der Waals surface area contributed by atoms with Crippen LogP contribution in [0.4, 0.5) is 0 Å². The van der Waals surface area contributed by atoms with Gasteiger partial charge in [-0.05, 0) is 122 Å². The summed E-state index contributed by atoms with van der Waals surface area (Å²) in [7, 11) is 1.18. The van der Waals surface area contributed by atoms with Crippen LogP contribution in [0.25, 0.3) is 0 Å². The Kier molecular flexibility index (Phi) is 49.7. The highest BCUT2D eigenvalue weighted by atomic mass is 31.2. The fourth-order valence-corrected chi connectivity index (χ4v) is 7.52. The van der Waals surface area contributed by atoms with Crippen LogP contribution in [-0.2, 0) is 18.4 Å². The van der Waals surface area contributed by atoms with E-state index in [-0.39, 0.29) is 18.9 Å². The number of aliphatic hydroxyl groups is 1. The molecule has 0 saturated carbocycles. The molecule has 3 unspecified atom stereocenters. The van der Waals surface area contributed by atoms with E-state index < -0.39 is 26.6 Å². The zero-order valence-electron chi connectivity index (χ0n) is 46.5. The maximum atomic E-state index is 12.9. The maximum absolute atomic E-state index is 12.9. The maximum Gasteiger partial charge on any atom is 0.268 e. The second-order valence-electron chi connectivity index (χ2n) is 19.2. The molecular formula is C64H103N2O6P. The summed E-state index contributed by atoms with van der Waals surface area (Å²) in [6.45, 7) is 4.42. The third kappa shape index (κ3) is 55.4. The molecule has 0 radical (unpaired) electrons. The first-order valence-electron chi connectivity index (χ1n) is 28.0. The number of phosphoric ester groups is 1. The number of hydrogen-bond acceptors (Lipinski definition) is 6. The molecule has 0 rings (SSSR count). The number of amides is 1. The summed E-state index contributed by atoms with van der Waals surface area (Å²) in [4.78, 5) is 25.4. The quantitative estimate of drug-likeness (QED) is 0.0272. The van der Waals surface area contributed by atoms with E-state index in [2.05, 4.69) is 177 Å². The van der Waals surface area contributed by atoms with Crippen molar-refractivity contribution in [2.45, 2.75) is 187 Å². The Hall–Kier alpha value is -4.14. The Bertz CT molecular complexity index is 1780. The molecule has 73 heavy (non-hydrogen) atoms. The topological polar surface area (TPSA) is 108 Å². The molecule has 0 saturated heterocycles. The molecule has 0 heterocycles. The molecule has 0 aliphatic carbocycles. The third-order valence-electron chi connectivity index (χ3n) is 11.2. The predicted octanol–water partition coefficient (Wildman–Crippen LogP) is 16.6. The van der Waals surface area contributed by atoms with E-state index in [1.54, 1.807) is 6.08 Å². The first kappa shape index (κ1) is 68.9. The second kappa shape index (κ2) is 52.7. The second-order valence-corrected chi connectivity index (χ2v) is 20.6. The molecule has 0 fully saturated rings. The number of carbonyl (C=O) groups excluding carboxylic acids is 1. The van der Waals surface area contributed by atoms with Crippen LogP contribution in [-0.4, -0.2) is 68.5 Å². The van der Waals surface area contributed by atoms with Crippen LogP contribution < -0.4 is 10.2 Å². The molecule has 2 N–H and O–H groups in total. The standard InChI is InChI=1S/C64H103N2O6P/c1-6-8-10-12-14-16-18-20-21-22-23-24-25-26-27-28-29-30-31-32-33-34-35-36-37-38-39-40-41-42-43-44-45-46-48-50-52-54-56-58-64(68)65-62(61-72-73(69,70)71-60-59-66(3,4)5)63(67)57-55-53-51-49-47-19-17-15-13-11-9-7-2/h8,10,14,16,20-21,23-24,26-27,29-30,32-33,35-36,38-39,41-42,44-45,47-50,55,57,62-63,67H,6-7,9,11-13,15,17-19,22,25,28,31,34,37,40,43,46,51-54,56,58-61H2,1-5H3,(H-,65,68,69,70)/b10-8-,16-14-,21-20-,24-23-,27-26-,30-29-,33-32-,36-35-,39-38-,42-41-,45-44-,49-47+,50-48-,57-55+. The summed E-state index contributed by atoms with van der Waals surface area (Å²) in [6, 6.07) is -0.939. The van der Waals surface area contributed by atoms with Gasteiger partial charge in [0.15, 0.2) is 0 Å². The Morgan fingerprint density at radius 3 is 1.27 bits per heavy atom. The molecule has 8 nitrogen and oxygen atoms in total. The Morgan fingerprint density at radius 1 is 0.493 bits per heavy atom. The van der Waals surface area contributed by atoms with Crippen molar-refractivity contribution in [3.8, 4) is 0 Å². The third-order valence-corrected chi connectivity index (χ3v) is 12.1. The first-order chi connectivity index (χ1) is 35.5. The fraction of sp³-hybridized carbons (Fsp3) is 0.547. The zero-order valence-corrected chi connectivity index (χ0v) is 47.4. The van der Waals surface area contributed by atoms with Crippen molar-refractivity contribution in [1.29, 1.82) is 0 Å². The van der Waals surface area contributed by atoms with Gasteiger partial charge in [-0.15, -0.1) is 0 Å². The highest BCUT2D eigenvalue weighted by Crippen LogP contribution is 2.38. The van der Waals surface area contributed by atoms with Crippen LogP contribution in [0.1, 0.15) is 174 Å². The Labute approximate surface area is 447 Å². The summed E-state index contributed by atoms with van der Waals surface area (Å²) in [5, 5.41) is 13.7. The molecule has 0 spiro atoms. The van der Waals surface area contributed by atoms with Gasteiger partial charge in [-0.3, -0.25) is 9.36 Å². The van der Waals surface area contributed by atoms with Crippen molar-refractivity contribution in [1.82, 2.24) is 5.32 Å². The summed E-state index contributed by atoms with van der Waals surface area (Å²) < 4.78 is 23.2. The van der Waals surface area contributed by atoms with Gasteiger partial charge in [-0.1, -0.05) is 216 Å². The Morgan fingerprint density at radius 2 is 0.849 bits per heavy atom. The normalized spacial score (nSPS) is 15.2. The number of allylic oxidation sites excluding steroid dienone is 27. The number of carbonyl (C=O) groups is 1. The number of quaternary nitrogens is 1. The summed E-state index contributed by atoms with van der Waals surface area (Å²) in [5.41, 5.74) is 0. The number of hydrogen-bond donors (Lipinski definition) is 2. The van der Waals surface area contributed by atoms with Gasteiger partial charge in [0.2, 0.25) is 5.91 Å². The van der Waals surface area contributed by atoms with Crippen molar-refractivity contribution in [2.24, 2.45) is 0 Å². The van der Waals surface area contributed by atoms with Crippen LogP contribution in [0.15, 0.2) is 170 Å². The molecular weight excluding hydrogens is 924 g/mol. The lowest BCUT2D eigenvalue weighted by Gasteiger charge is -2.29. The molecule has 0 aromatic heterocycles. The number of likely N-dealkylation sites (N-methyl/N-ethyl adjacent to an activating group) is 1. The SMILES string of the molecule is CC/C=C\C/C=C\C/C=C\C/C=C\C/C=C\C/C=C\C/C=C\C/C=C\C/C=C\C/C=C\C/C=C\C/C=C\CCCCC(=O)NC(COP(=O)([O-])OCC[N+](C)(C)C)C(O)/C=C/CC/C=C/CCCCCCCC. The lowest BCUT2D eigenvalue weighted by molar-refractivity contribution is -0.870. The van der Waals surface area contributed by atoms with Crippen molar-refractivity contribution in [3.05, 3.63) is 170 Å². The number of aliphatic hydroxyl groups excluding tert-OH is 1. The average Bonchev–Trinajstić information content (AvgIpc) is 3.35. The number of phosphoric acid groups is 1. The molecule has 0 aliphatic rings. The van der Waals surface area contributed by atoms with Crippen molar-refractivity contribution in [2.75, 3.05) is 40.9 Å². The van der Waals surface area contributed by atoms with Crippen LogP contribution in [0, 0.1) is 0 Å². The largest absolute Gasteiger partial charge is 0.756 e. The Balaban J connectivity index is 4.27. The molecule has 0 aromatic carbocycles.